The van der Waals surface area contributed by atoms with Gasteiger partial charge in [0.15, 0.2) is 5.78 Å². The molecule has 0 saturated carbocycles. The summed E-state index contributed by atoms with van der Waals surface area (Å²) < 4.78 is 42.8. The van der Waals surface area contributed by atoms with Crippen LogP contribution in [0.3, 0.4) is 0 Å². The number of Topliss-reactive ketones (excluding diaryl/α,β-unsaturated/α-hetero) is 1. The first-order chi connectivity index (χ1) is 7.36. The Kier molecular flexibility index (Phi) is 3.57. The zero-order valence-electron chi connectivity index (χ0n) is 8.89. The topological polar surface area (TPSA) is 26.3 Å². The lowest BCUT2D eigenvalue weighted by molar-refractivity contribution is -0.138. The van der Waals surface area contributed by atoms with Gasteiger partial charge in [-0.15, -0.1) is 0 Å². The molecule has 0 aliphatic rings. The number of ketones is 1. The Bertz CT molecular complexity index is 397. The van der Waals surface area contributed by atoms with E-state index in [4.69, 9.17) is 4.74 Å². The number of hydrogen-bond acceptors (Lipinski definition) is 2. The van der Waals surface area contributed by atoms with Gasteiger partial charge in [-0.3, -0.25) is 4.79 Å². The number of alkyl halides is 3. The van der Waals surface area contributed by atoms with E-state index >= 15 is 0 Å². The Morgan fingerprint density at radius 3 is 2.44 bits per heavy atom. The zero-order valence-corrected chi connectivity index (χ0v) is 8.89. The molecule has 0 N–H and O–H groups in total. The number of ether oxygens (including phenoxy) is 1. The van der Waals surface area contributed by atoms with Gasteiger partial charge in [0, 0.05) is 5.56 Å². The van der Waals surface area contributed by atoms with Crippen LogP contribution >= 0.6 is 0 Å². The SMILES string of the molecule is CCOc1ccc(C(C)=O)c(C(F)(F)F)c1. The van der Waals surface area contributed by atoms with Crippen molar-refractivity contribution in [1.29, 1.82) is 0 Å². The molecule has 1 aromatic carbocycles. The highest BCUT2D eigenvalue weighted by Gasteiger charge is 2.34. The van der Waals surface area contributed by atoms with E-state index in [-0.39, 0.29) is 17.9 Å². The van der Waals surface area contributed by atoms with Gasteiger partial charge in [0.05, 0.1) is 12.2 Å². The van der Waals surface area contributed by atoms with Crippen molar-refractivity contribution >= 4 is 5.78 Å². The van der Waals surface area contributed by atoms with Crippen molar-refractivity contribution in [1.82, 2.24) is 0 Å². The molecule has 0 heterocycles. The predicted octanol–water partition coefficient (Wildman–Crippen LogP) is 3.31. The molecule has 5 heteroatoms. The quantitative estimate of drug-likeness (QED) is 0.747. The fraction of sp³-hybridized carbons (Fsp3) is 0.364. The molecule has 88 valence electrons. The summed E-state index contributed by atoms with van der Waals surface area (Å²) in [5.74, 6) is -0.504. The Balaban J connectivity index is 3.27. The van der Waals surface area contributed by atoms with Crippen molar-refractivity contribution in [3.8, 4) is 5.75 Å². The summed E-state index contributed by atoms with van der Waals surface area (Å²) >= 11 is 0. The van der Waals surface area contributed by atoms with Crippen LogP contribution in [-0.4, -0.2) is 12.4 Å². The first-order valence-electron chi connectivity index (χ1n) is 4.71. The van der Waals surface area contributed by atoms with Crippen LogP contribution in [0.4, 0.5) is 13.2 Å². The van der Waals surface area contributed by atoms with Crippen LogP contribution in [0.25, 0.3) is 0 Å². The fourth-order valence-electron chi connectivity index (χ4n) is 1.32. The maximum atomic E-state index is 12.6. The highest BCUT2D eigenvalue weighted by atomic mass is 19.4. The lowest BCUT2D eigenvalue weighted by Gasteiger charge is -2.12. The average Bonchev–Trinajstić information content (AvgIpc) is 2.16. The normalized spacial score (nSPS) is 11.3. The van der Waals surface area contributed by atoms with Gasteiger partial charge in [-0.25, -0.2) is 0 Å². The third-order valence-electron chi connectivity index (χ3n) is 1.99. The molecule has 0 aliphatic carbocycles. The summed E-state index contributed by atoms with van der Waals surface area (Å²) in [7, 11) is 0. The monoisotopic (exact) mass is 232 g/mol. The second-order valence-corrected chi connectivity index (χ2v) is 3.19. The van der Waals surface area contributed by atoms with Gasteiger partial charge in [0.25, 0.3) is 0 Å². The number of carbonyl (C=O) groups is 1. The smallest absolute Gasteiger partial charge is 0.417 e. The van der Waals surface area contributed by atoms with Crippen molar-refractivity contribution in [2.24, 2.45) is 0 Å². The minimum atomic E-state index is -4.55. The van der Waals surface area contributed by atoms with Crippen molar-refractivity contribution in [2.75, 3.05) is 6.61 Å². The summed E-state index contributed by atoms with van der Waals surface area (Å²) in [6, 6.07) is 3.34. The van der Waals surface area contributed by atoms with E-state index in [9.17, 15) is 18.0 Å². The Morgan fingerprint density at radius 1 is 1.38 bits per heavy atom. The first-order valence-corrected chi connectivity index (χ1v) is 4.71. The molecule has 16 heavy (non-hydrogen) atoms. The molecule has 0 amide bonds. The van der Waals surface area contributed by atoms with Gasteiger partial charge in [0.1, 0.15) is 5.75 Å². The van der Waals surface area contributed by atoms with E-state index in [0.717, 1.165) is 19.1 Å². The van der Waals surface area contributed by atoms with E-state index in [0.29, 0.717) is 0 Å². The molecular weight excluding hydrogens is 221 g/mol. The number of halogens is 3. The zero-order chi connectivity index (χ0) is 12.3. The summed E-state index contributed by atoms with van der Waals surface area (Å²) in [6.07, 6.45) is -4.55. The van der Waals surface area contributed by atoms with Crippen molar-refractivity contribution in [3.63, 3.8) is 0 Å². The summed E-state index contributed by atoms with van der Waals surface area (Å²) in [5, 5.41) is 0. The minimum absolute atomic E-state index is 0.111. The van der Waals surface area contributed by atoms with Crippen molar-refractivity contribution < 1.29 is 22.7 Å². The molecule has 0 saturated heterocycles. The second kappa shape index (κ2) is 4.55. The van der Waals surface area contributed by atoms with Gasteiger partial charge in [-0.05, 0) is 32.0 Å². The molecule has 1 rings (SSSR count). The molecule has 0 aliphatic heterocycles. The minimum Gasteiger partial charge on any atom is -0.494 e. The first kappa shape index (κ1) is 12.5. The largest absolute Gasteiger partial charge is 0.494 e. The third-order valence-corrected chi connectivity index (χ3v) is 1.99. The molecule has 0 aromatic heterocycles. The summed E-state index contributed by atoms with van der Waals surface area (Å²) in [4.78, 5) is 11.0. The molecule has 0 bridgehead atoms. The van der Waals surface area contributed by atoms with E-state index in [1.165, 1.54) is 6.07 Å². The highest BCUT2D eigenvalue weighted by Crippen LogP contribution is 2.34. The van der Waals surface area contributed by atoms with Gasteiger partial charge in [-0.1, -0.05) is 0 Å². The molecule has 2 nitrogen and oxygen atoms in total. The molecule has 0 fully saturated rings. The van der Waals surface area contributed by atoms with Crippen LogP contribution < -0.4 is 4.74 Å². The van der Waals surface area contributed by atoms with Gasteiger partial charge < -0.3 is 4.74 Å². The predicted molar refractivity (Wildman–Crippen MR) is 52.6 cm³/mol. The van der Waals surface area contributed by atoms with Gasteiger partial charge >= 0.3 is 6.18 Å². The van der Waals surface area contributed by atoms with E-state index < -0.39 is 17.5 Å². The van der Waals surface area contributed by atoms with E-state index in [1.54, 1.807) is 6.92 Å². The second-order valence-electron chi connectivity index (χ2n) is 3.19. The lowest BCUT2D eigenvalue weighted by Crippen LogP contribution is -2.12. The molecule has 0 unspecified atom stereocenters. The molecular formula is C11H11F3O2. The van der Waals surface area contributed by atoms with Crippen molar-refractivity contribution in [3.05, 3.63) is 29.3 Å². The highest BCUT2D eigenvalue weighted by molar-refractivity contribution is 5.95. The van der Waals surface area contributed by atoms with Crippen LogP contribution in [0.1, 0.15) is 29.8 Å². The maximum Gasteiger partial charge on any atom is 0.417 e. The number of hydrogen-bond donors (Lipinski definition) is 0. The number of carbonyl (C=O) groups excluding carboxylic acids is 1. The molecule has 1 aromatic rings. The Labute approximate surface area is 91.0 Å². The van der Waals surface area contributed by atoms with E-state index in [2.05, 4.69) is 0 Å². The van der Waals surface area contributed by atoms with Gasteiger partial charge in [0.2, 0.25) is 0 Å². The molecule has 0 radical (unpaired) electrons. The van der Waals surface area contributed by atoms with E-state index in [1.807, 2.05) is 0 Å². The third kappa shape index (κ3) is 2.74. The van der Waals surface area contributed by atoms with Crippen LogP contribution in [-0.2, 0) is 6.18 Å². The van der Waals surface area contributed by atoms with Crippen LogP contribution in [0.15, 0.2) is 18.2 Å². The van der Waals surface area contributed by atoms with Gasteiger partial charge in [-0.2, -0.15) is 13.2 Å². The van der Waals surface area contributed by atoms with Crippen LogP contribution in [0.2, 0.25) is 0 Å². The van der Waals surface area contributed by atoms with Crippen LogP contribution in [0, 0.1) is 0 Å². The maximum absolute atomic E-state index is 12.6. The van der Waals surface area contributed by atoms with Crippen molar-refractivity contribution in [2.45, 2.75) is 20.0 Å². The number of benzene rings is 1. The Morgan fingerprint density at radius 2 is 2.00 bits per heavy atom. The summed E-state index contributed by atoms with van der Waals surface area (Å²) in [5.41, 5.74) is -1.29. The average molecular weight is 232 g/mol. The standard InChI is InChI=1S/C11H11F3O2/c1-3-16-8-4-5-9(7(2)15)10(6-8)11(12,13)14/h4-6H,3H2,1-2H3. The Hall–Kier alpha value is -1.52. The molecule has 0 atom stereocenters. The van der Waals surface area contributed by atoms with Crippen LogP contribution in [0.5, 0.6) is 5.75 Å². The summed E-state index contributed by atoms with van der Waals surface area (Å²) in [6.45, 7) is 3.05. The fourth-order valence-corrected chi connectivity index (χ4v) is 1.32. The number of rotatable bonds is 3. The molecule has 0 spiro atoms. The lowest BCUT2D eigenvalue weighted by atomic mass is 10.0.